The Hall–Kier alpha value is -0.710. The molecule has 0 radical (unpaired) electrons. The number of hydrogen-bond acceptors (Lipinski definition) is 1. The van der Waals surface area contributed by atoms with Gasteiger partial charge < -0.3 is 5.32 Å². The third-order valence-electron chi connectivity index (χ3n) is 4.04. The molecule has 0 bridgehead atoms. The van der Waals surface area contributed by atoms with Gasteiger partial charge in [0, 0.05) is 16.2 Å². The lowest BCUT2D eigenvalue weighted by Gasteiger charge is -2.29. The Morgan fingerprint density at radius 1 is 1.20 bits per heavy atom. The minimum absolute atomic E-state index is 0.281. The Morgan fingerprint density at radius 3 is 2.40 bits per heavy atom. The number of halogens is 4. The second-order valence-corrected chi connectivity index (χ2v) is 6.38. The number of hydrogen-bond donors (Lipinski definition) is 1. The number of benzene rings is 1. The monoisotopic (exact) mass is 349 g/mol. The van der Waals surface area contributed by atoms with Gasteiger partial charge >= 0.3 is 6.18 Å². The second kappa shape index (κ2) is 6.37. The van der Waals surface area contributed by atoms with Crippen LogP contribution in [0.3, 0.4) is 0 Å². The predicted molar refractivity (Wildman–Crippen MR) is 78.8 cm³/mol. The van der Waals surface area contributed by atoms with E-state index < -0.39 is 11.7 Å². The van der Waals surface area contributed by atoms with Crippen molar-refractivity contribution in [2.24, 2.45) is 5.92 Å². The van der Waals surface area contributed by atoms with Crippen LogP contribution in [0.5, 0.6) is 0 Å². The lowest BCUT2D eigenvalue weighted by molar-refractivity contribution is -0.137. The largest absolute Gasteiger partial charge is 0.416 e. The zero-order chi connectivity index (χ0) is 14.8. The van der Waals surface area contributed by atoms with Crippen LogP contribution in [-0.2, 0) is 6.18 Å². The summed E-state index contributed by atoms with van der Waals surface area (Å²) in [7, 11) is 0. The van der Waals surface area contributed by atoms with Crippen LogP contribution in [0.25, 0.3) is 0 Å². The lowest BCUT2D eigenvalue weighted by atomic mass is 9.84. The second-order valence-electron chi connectivity index (χ2n) is 5.52. The Balaban J connectivity index is 2.05. The molecule has 1 aliphatic rings. The van der Waals surface area contributed by atoms with Gasteiger partial charge in [-0.15, -0.1) is 0 Å². The average molecular weight is 350 g/mol. The van der Waals surface area contributed by atoms with E-state index in [1.807, 2.05) is 0 Å². The molecular formula is C15H19BrF3N. The minimum Gasteiger partial charge on any atom is -0.381 e. The minimum atomic E-state index is -4.30. The van der Waals surface area contributed by atoms with E-state index in [1.54, 1.807) is 0 Å². The van der Waals surface area contributed by atoms with E-state index in [9.17, 15) is 13.2 Å². The molecule has 0 saturated heterocycles. The molecule has 1 aromatic carbocycles. The maximum atomic E-state index is 12.6. The first kappa shape index (κ1) is 15.7. The number of anilines is 1. The van der Waals surface area contributed by atoms with Gasteiger partial charge in [-0.1, -0.05) is 19.3 Å². The molecule has 0 spiro atoms. The first-order valence-corrected chi connectivity index (χ1v) is 7.80. The van der Waals surface area contributed by atoms with E-state index in [0.29, 0.717) is 10.4 Å². The van der Waals surface area contributed by atoms with Gasteiger partial charge in [-0.2, -0.15) is 13.2 Å². The molecule has 1 atom stereocenters. The zero-order valence-electron chi connectivity index (χ0n) is 11.4. The fourth-order valence-electron chi connectivity index (χ4n) is 2.81. The molecule has 1 saturated carbocycles. The highest BCUT2D eigenvalue weighted by Gasteiger charge is 2.31. The molecule has 1 fully saturated rings. The first-order valence-electron chi connectivity index (χ1n) is 7.01. The van der Waals surface area contributed by atoms with Crippen LogP contribution in [0.1, 0.15) is 44.6 Å². The van der Waals surface area contributed by atoms with Crippen LogP contribution < -0.4 is 5.32 Å². The fraction of sp³-hybridized carbons (Fsp3) is 0.600. The Morgan fingerprint density at radius 2 is 1.85 bits per heavy atom. The van der Waals surface area contributed by atoms with Gasteiger partial charge in [-0.05, 0) is 59.8 Å². The molecule has 0 amide bonds. The third kappa shape index (κ3) is 3.90. The molecule has 1 unspecified atom stereocenters. The van der Waals surface area contributed by atoms with Crippen LogP contribution in [0.4, 0.5) is 18.9 Å². The van der Waals surface area contributed by atoms with Crippen molar-refractivity contribution < 1.29 is 13.2 Å². The van der Waals surface area contributed by atoms with Gasteiger partial charge in [0.05, 0.1) is 5.56 Å². The standard InChI is InChI=1S/C15H19BrF3N/c1-10(11-5-3-2-4-6-11)20-14-8-7-12(9-13(14)16)15(17,18)19/h7-11,20H,2-6H2,1H3. The summed E-state index contributed by atoms with van der Waals surface area (Å²) in [4.78, 5) is 0. The molecule has 0 aromatic heterocycles. The zero-order valence-corrected chi connectivity index (χ0v) is 13.0. The topological polar surface area (TPSA) is 12.0 Å². The van der Waals surface area contributed by atoms with Crippen molar-refractivity contribution in [3.05, 3.63) is 28.2 Å². The quantitative estimate of drug-likeness (QED) is 0.721. The van der Waals surface area contributed by atoms with E-state index in [0.717, 1.165) is 17.8 Å². The van der Waals surface area contributed by atoms with E-state index >= 15 is 0 Å². The maximum absolute atomic E-state index is 12.6. The predicted octanol–water partition coefficient (Wildman–Crippen LogP) is 5.85. The van der Waals surface area contributed by atoms with Crippen LogP contribution in [0.15, 0.2) is 22.7 Å². The molecule has 0 aliphatic heterocycles. The number of rotatable bonds is 3. The van der Waals surface area contributed by atoms with Crippen molar-refractivity contribution >= 4 is 21.6 Å². The van der Waals surface area contributed by atoms with Gasteiger partial charge in [0.1, 0.15) is 0 Å². The highest BCUT2D eigenvalue weighted by atomic mass is 79.9. The van der Waals surface area contributed by atoms with Gasteiger partial charge in [0.15, 0.2) is 0 Å². The Kier molecular flexibility index (Phi) is 4.99. The number of alkyl halides is 3. The van der Waals surface area contributed by atoms with Gasteiger partial charge in [-0.3, -0.25) is 0 Å². The summed E-state index contributed by atoms with van der Waals surface area (Å²) in [5, 5.41) is 3.34. The summed E-state index contributed by atoms with van der Waals surface area (Å²) in [5.41, 5.74) is 0.108. The van der Waals surface area contributed by atoms with Crippen molar-refractivity contribution in [3.8, 4) is 0 Å². The van der Waals surface area contributed by atoms with Gasteiger partial charge in [0.25, 0.3) is 0 Å². The van der Waals surface area contributed by atoms with Crippen LogP contribution in [-0.4, -0.2) is 6.04 Å². The van der Waals surface area contributed by atoms with E-state index in [-0.39, 0.29) is 6.04 Å². The lowest BCUT2D eigenvalue weighted by Crippen LogP contribution is -2.27. The van der Waals surface area contributed by atoms with Crippen LogP contribution in [0.2, 0.25) is 0 Å². The molecule has 2 rings (SSSR count). The SMILES string of the molecule is CC(Nc1ccc(C(F)(F)F)cc1Br)C1CCCCC1. The Labute approximate surface area is 126 Å². The Bertz CT molecular complexity index is 453. The molecule has 1 N–H and O–H groups in total. The summed E-state index contributed by atoms with van der Waals surface area (Å²) < 4.78 is 38.3. The van der Waals surface area contributed by atoms with Crippen LogP contribution >= 0.6 is 15.9 Å². The smallest absolute Gasteiger partial charge is 0.381 e. The van der Waals surface area contributed by atoms with E-state index in [4.69, 9.17) is 0 Å². The van der Waals surface area contributed by atoms with Gasteiger partial charge in [0.2, 0.25) is 0 Å². The van der Waals surface area contributed by atoms with Crippen molar-refractivity contribution in [2.75, 3.05) is 5.32 Å². The molecule has 1 nitrogen and oxygen atoms in total. The summed E-state index contributed by atoms with van der Waals surface area (Å²) in [6, 6.07) is 4.05. The van der Waals surface area contributed by atoms with Crippen molar-refractivity contribution in [1.82, 2.24) is 0 Å². The normalized spacial score (nSPS) is 18.9. The third-order valence-corrected chi connectivity index (χ3v) is 4.69. The molecule has 1 aromatic rings. The van der Waals surface area contributed by atoms with E-state index in [2.05, 4.69) is 28.2 Å². The molecule has 20 heavy (non-hydrogen) atoms. The summed E-state index contributed by atoms with van der Waals surface area (Å²) in [6.07, 6.45) is 1.91. The van der Waals surface area contributed by atoms with Crippen molar-refractivity contribution in [1.29, 1.82) is 0 Å². The van der Waals surface area contributed by atoms with Crippen molar-refractivity contribution in [3.63, 3.8) is 0 Å². The molecule has 5 heteroatoms. The fourth-order valence-corrected chi connectivity index (χ4v) is 3.30. The van der Waals surface area contributed by atoms with Gasteiger partial charge in [-0.25, -0.2) is 0 Å². The molecule has 112 valence electrons. The summed E-state index contributed by atoms with van der Waals surface area (Å²) in [6.45, 7) is 2.11. The average Bonchev–Trinajstić information content (AvgIpc) is 2.41. The summed E-state index contributed by atoms with van der Waals surface area (Å²) >= 11 is 3.23. The molecule has 1 aliphatic carbocycles. The number of nitrogens with one attached hydrogen (secondary N) is 1. The highest BCUT2D eigenvalue weighted by molar-refractivity contribution is 9.10. The summed E-state index contributed by atoms with van der Waals surface area (Å²) in [5.74, 6) is 0.609. The van der Waals surface area contributed by atoms with Crippen LogP contribution in [0, 0.1) is 5.92 Å². The van der Waals surface area contributed by atoms with E-state index in [1.165, 1.54) is 38.2 Å². The molecular weight excluding hydrogens is 331 g/mol. The van der Waals surface area contributed by atoms with Crippen molar-refractivity contribution in [2.45, 2.75) is 51.2 Å². The first-order chi connectivity index (χ1) is 9.38. The molecule has 0 heterocycles. The highest BCUT2D eigenvalue weighted by Crippen LogP contribution is 2.35. The maximum Gasteiger partial charge on any atom is 0.416 e.